The van der Waals surface area contributed by atoms with Gasteiger partial charge in [-0.2, -0.15) is 0 Å². The molecule has 2 aliphatic rings. The van der Waals surface area contributed by atoms with E-state index in [2.05, 4.69) is 18.2 Å². The Morgan fingerprint density at radius 1 is 0.923 bits per heavy atom. The molecule has 4 rings (SSSR count). The number of aliphatic hydroxyl groups excluding tert-OH is 1. The van der Waals surface area contributed by atoms with Crippen molar-refractivity contribution in [3.63, 3.8) is 0 Å². The molecule has 3 heteroatoms. The molecule has 138 valence electrons. The van der Waals surface area contributed by atoms with Crippen LogP contribution < -0.4 is 0 Å². The van der Waals surface area contributed by atoms with Crippen LogP contribution in [0.5, 0.6) is 11.5 Å². The summed E-state index contributed by atoms with van der Waals surface area (Å²) in [6.45, 7) is 0.150. The minimum absolute atomic E-state index is 0.150. The first-order chi connectivity index (χ1) is 12.7. The third-order valence-corrected chi connectivity index (χ3v) is 6.44. The predicted octanol–water partition coefficient (Wildman–Crippen LogP) is 4.64. The summed E-state index contributed by atoms with van der Waals surface area (Å²) in [5.74, 6) is 2.32. The molecular formula is C23H28O3. The summed E-state index contributed by atoms with van der Waals surface area (Å²) in [7, 11) is 0. The number of phenols is 2. The van der Waals surface area contributed by atoms with Gasteiger partial charge in [-0.25, -0.2) is 0 Å². The van der Waals surface area contributed by atoms with E-state index in [9.17, 15) is 10.2 Å². The summed E-state index contributed by atoms with van der Waals surface area (Å²) < 4.78 is 0. The Bertz CT molecular complexity index is 766. The van der Waals surface area contributed by atoms with Gasteiger partial charge in [0, 0.05) is 6.61 Å². The van der Waals surface area contributed by atoms with Crippen molar-refractivity contribution in [2.75, 3.05) is 6.61 Å². The second-order valence-corrected chi connectivity index (χ2v) is 7.96. The monoisotopic (exact) mass is 352 g/mol. The Balaban J connectivity index is 1.73. The molecule has 26 heavy (non-hydrogen) atoms. The molecule has 0 amide bonds. The zero-order valence-electron chi connectivity index (χ0n) is 15.2. The van der Waals surface area contributed by atoms with Gasteiger partial charge in [0.15, 0.2) is 0 Å². The van der Waals surface area contributed by atoms with Crippen molar-refractivity contribution in [3.05, 3.63) is 58.7 Å². The van der Waals surface area contributed by atoms with E-state index in [0.29, 0.717) is 42.1 Å². The molecule has 0 radical (unpaired) electrons. The highest BCUT2D eigenvalue weighted by atomic mass is 16.3. The highest BCUT2D eigenvalue weighted by Crippen LogP contribution is 2.52. The van der Waals surface area contributed by atoms with Crippen LogP contribution in [-0.2, 0) is 12.8 Å². The molecule has 2 aromatic rings. The average molecular weight is 352 g/mol. The molecular weight excluding hydrogens is 324 g/mol. The first kappa shape index (κ1) is 17.4. The molecule has 3 nitrogen and oxygen atoms in total. The van der Waals surface area contributed by atoms with Gasteiger partial charge in [-0.15, -0.1) is 0 Å². The summed E-state index contributed by atoms with van der Waals surface area (Å²) in [4.78, 5) is 0. The van der Waals surface area contributed by atoms with Crippen LogP contribution >= 0.6 is 0 Å². The fourth-order valence-electron chi connectivity index (χ4n) is 5.19. The summed E-state index contributed by atoms with van der Waals surface area (Å²) in [6.07, 6.45) is 7.37. The average Bonchev–Trinajstić information content (AvgIpc) is 2.67. The third-order valence-electron chi connectivity index (χ3n) is 6.44. The number of phenolic OH excluding ortho intramolecular Hbond substituents is 2. The smallest absolute Gasteiger partial charge is 0.119 e. The largest absolute Gasteiger partial charge is 0.508 e. The molecule has 0 heterocycles. The molecule has 0 aromatic heterocycles. The van der Waals surface area contributed by atoms with Gasteiger partial charge < -0.3 is 15.3 Å². The van der Waals surface area contributed by atoms with Crippen molar-refractivity contribution < 1.29 is 15.3 Å². The van der Waals surface area contributed by atoms with Crippen molar-refractivity contribution in [3.8, 4) is 11.5 Å². The minimum atomic E-state index is 0.150. The lowest BCUT2D eigenvalue weighted by atomic mass is 9.61. The van der Waals surface area contributed by atoms with Gasteiger partial charge in [0.05, 0.1) is 0 Å². The zero-order chi connectivity index (χ0) is 18.1. The van der Waals surface area contributed by atoms with E-state index in [0.717, 1.165) is 12.0 Å². The van der Waals surface area contributed by atoms with Crippen LogP contribution in [0, 0.1) is 5.92 Å². The quantitative estimate of drug-likeness (QED) is 0.751. The lowest BCUT2D eigenvalue weighted by Crippen LogP contribution is -2.31. The Kier molecular flexibility index (Phi) is 4.90. The van der Waals surface area contributed by atoms with Crippen LogP contribution in [-0.4, -0.2) is 21.9 Å². The second-order valence-electron chi connectivity index (χ2n) is 7.96. The first-order valence-corrected chi connectivity index (χ1v) is 9.92. The maximum Gasteiger partial charge on any atom is 0.119 e. The van der Waals surface area contributed by atoms with Gasteiger partial charge in [-0.3, -0.25) is 0 Å². The molecule has 2 aromatic carbocycles. The molecule has 0 spiro atoms. The van der Waals surface area contributed by atoms with Gasteiger partial charge in [-0.05, 0) is 90.3 Å². The van der Waals surface area contributed by atoms with Crippen molar-refractivity contribution in [1.29, 1.82) is 0 Å². The lowest BCUT2D eigenvalue weighted by molar-refractivity contribution is 0.242. The van der Waals surface area contributed by atoms with Crippen LogP contribution in [0.3, 0.4) is 0 Å². The van der Waals surface area contributed by atoms with Crippen LogP contribution in [0.4, 0.5) is 0 Å². The van der Waals surface area contributed by atoms with Crippen molar-refractivity contribution in [2.24, 2.45) is 5.92 Å². The first-order valence-electron chi connectivity index (χ1n) is 9.92. The third kappa shape index (κ3) is 3.21. The number of benzene rings is 2. The Labute approximate surface area is 155 Å². The number of hydrogen-bond acceptors (Lipinski definition) is 3. The normalized spacial score (nSPS) is 24.7. The minimum Gasteiger partial charge on any atom is -0.508 e. The summed E-state index contributed by atoms with van der Waals surface area (Å²) in [5, 5.41) is 29.3. The molecule has 3 unspecified atom stereocenters. The van der Waals surface area contributed by atoms with E-state index in [1.54, 1.807) is 12.1 Å². The zero-order valence-corrected chi connectivity index (χ0v) is 15.2. The number of aliphatic hydroxyl groups is 1. The summed E-state index contributed by atoms with van der Waals surface area (Å²) in [6, 6.07) is 11.9. The van der Waals surface area contributed by atoms with E-state index < -0.39 is 0 Å². The van der Waals surface area contributed by atoms with E-state index in [1.807, 2.05) is 6.07 Å². The fourth-order valence-corrected chi connectivity index (χ4v) is 5.19. The van der Waals surface area contributed by atoms with Crippen LogP contribution in [0.2, 0.25) is 0 Å². The standard InChI is InChI=1S/C23H28O3/c24-11-3-4-16-12-17-13-21(15-7-9-18(25)10-8-15)19-5-1-2-6-20(19)22(17)14-23(16)26/h7-10,12,14,19-21,24-26H,1-6,11,13H2. The van der Waals surface area contributed by atoms with E-state index >= 15 is 0 Å². The summed E-state index contributed by atoms with van der Waals surface area (Å²) >= 11 is 0. The SMILES string of the molecule is OCCCc1cc2c(cc1O)C1CCCCC1C(c1ccc(O)cc1)C2. The van der Waals surface area contributed by atoms with E-state index in [1.165, 1.54) is 42.4 Å². The highest BCUT2D eigenvalue weighted by Gasteiger charge is 2.39. The molecule has 0 aliphatic heterocycles. The molecule has 0 bridgehead atoms. The van der Waals surface area contributed by atoms with E-state index in [-0.39, 0.29) is 6.61 Å². The van der Waals surface area contributed by atoms with Gasteiger partial charge in [0.25, 0.3) is 0 Å². The maximum absolute atomic E-state index is 10.5. The number of rotatable bonds is 4. The van der Waals surface area contributed by atoms with E-state index in [4.69, 9.17) is 5.11 Å². The Morgan fingerprint density at radius 3 is 2.46 bits per heavy atom. The van der Waals surface area contributed by atoms with Gasteiger partial charge in [0.2, 0.25) is 0 Å². The molecule has 3 atom stereocenters. The fraction of sp³-hybridized carbons (Fsp3) is 0.478. The molecule has 1 saturated carbocycles. The Hall–Kier alpha value is -2.00. The molecule has 3 N–H and O–H groups in total. The van der Waals surface area contributed by atoms with Crippen LogP contribution in [0.15, 0.2) is 36.4 Å². The van der Waals surface area contributed by atoms with Crippen molar-refractivity contribution in [2.45, 2.75) is 56.8 Å². The van der Waals surface area contributed by atoms with Crippen LogP contribution in [0.25, 0.3) is 0 Å². The number of aryl methyl sites for hydroxylation is 1. The topological polar surface area (TPSA) is 60.7 Å². The van der Waals surface area contributed by atoms with Crippen molar-refractivity contribution in [1.82, 2.24) is 0 Å². The maximum atomic E-state index is 10.5. The van der Waals surface area contributed by atoms with Gasteiger partial charge >= 0.3 is 0 Å². The van der Waals surface area contributed by atoms with Crippen molar-refractivity contribution >= 4 is 0 Å². The summed E-state index contributed by atoms with van der Waals surface area (Å²) in [5.41, 5.74) is 4.97. The predicted molar refractivity (Wildman–Crippen MR) is 103 cm³/mol. The molecule has 1 fully saturated rings. The van der Waals surface area contributed by atoms with Crippen LogP contribution in [0.1, 0.15) is 66.2 Å². The molecule has 0 saturated heterocycles. The lowest BCUT2D eigenvalue weighted by Gasteiger charge is -2.43. The Morgan fingerprint density at radius 2 is 1.69 bits per heavy atom. The number of fused-ring (bicyclic) bond motifs is 3. The number of aromatic hydroxyl groups is 2. The number of hydrogen-bond donors (Lipinski definition) is 3. The second kappa shape index (κ2) is 7.32. The van der Waals surface area contributed by atoms with Gasteiger partial charge in [-0.1, -0.05) is 31.0 Å². The highest BCUT2D eigenvalue weighted by molar-refractivity contribution is 5.47. The van der Waals surface area contributed by atoms with Gasteiger partial charge in [0.1, 0.15) is 11.5 Å². The molecule has 2 aliphatic carbocycles.